The minimum atomic E-state index is 0.0795. The van der Waals surface area contributed by atoms with Gasteiger partial charge in [-0.25, -0.2) is 0 Å². The molecule has 1 aromatic rings. The van der Waals surface area contributed by atoms with Gasteiger partial charge in [0.25, 0.3) is 0 Å². The van der Waals surface area contributed by atoms with Gasteiger partial charge in [0, 0.05) is 10.9 Å². The summed E-state index contributed by atoms with van der Waals surface area (Å²) in [4.78, 5) is 0. The lowest BCUT2D eigenvalue weighted by Crippen LogP contribution is -1.98. The molecule has 0 spiro atoms. The molecular formula is C14H16BrNO. The Balaban J connectivity index is 3.00. The quantitative estimate of drug-likeness (QED) is 0.768. The van der Waals surface area contributed by atoms with E-state index in [1.165, 1.54) is 5.57 Å². The molecule has 2 nitrogen and oxygen atoms in total. The number of rotatable bonds is 5. The van der Waals surface area contributed by atoms with E-state index in [1.807, 2.05) is 30.3 Å². The Bertz CT molecular complexity index is 432. The second-order valence-corrected chi connectivity index (χ2v) is 4.55. The van der Waals surface area contributed by atoms with E-state index < -0.39 is 0 Å². The lowest BCUT2D eigenvalue weighted by atomic mass is 10.0. The fourth-order valence-corrected chi connectivity index (χ4v) is 2.21. The molecule has 0 bridgehead atoms. The van der Waals surface area contributed by atoms with E-state index >= 15 is 0 Å². The van der Waals surface area contributed by atoms with Crippen molar-refractivity contribution in [2.45, 2.75) is 13.8 Å². The maximum atomic E-state index is 8.54. The van der Waals surface area contributed by atoms with Crippen molar-refractivity contribution < 1.29 is 4.74 Å². The lowest BCUT2D eigenvalue weighted by molar-refractivity contribution is 0.367. The van der Waals surface area contributed by atoms with Crippen molar-refractivity contribution in [1.82, 2.24) is 0 Å². The summed E-state index contributed by atoms with van der Waals surface area (Å²) < 4.78 is 5.39. The first-order chi connectivity index (χ1) is 8.19. The molecule has 3 heteroatoms. The van der Waals surface area contributed by atoms with E-state index in [9.17, 15) is 0 Å². The number of para-hydroxylation sites is 1. The SMILES string of the molecule is CC(C)C(=Cc1ccccc1OCC#N)CBr. The summed E-state index contributed by atoms with van der Waals surface area (Å²) in [6.45, 7) is 4.40. The van der Waals surface area contributed by atoms with Crippen LogP contribution in [0.1, 0.15) is 19.4 Å². The summed E-state index contributed by atoms with van der Waals surface area (Å²) in [7, 11) is 0. The molecule has 1 aromatic carbocycles. The smallest absolute Gasteiger partial charge is 0.174 e. The van der Waals surface area contributed by atoms with Crippen LogP contribution in [0.2, 0.25) is 0 Å². The van der Waals surface area contributed by atoms with Crippen molar-refractivity contribution in [3.8, 4) is 11.8 Å². The van der Waals surface area contributed by atoms with Gasteiger partial charge < -0.3 is 4.74 Å². The van der Waals surface area contributed by atoms with Crippen LogP contribution in [-0.4, -0.2) is 11.9 Å². The first-order valence-corrected chi connectivity index (χ1v) is 6.66. The van der Waals surface area contributed by atoms with Crippen molar-refractivity contribution in [2.24, 2.45) is 5.92 Å². The zero-order valence-corrected chi connectivity index (χ0v) is 11.7. The van der Waals surface area contributed by atoms with Crippen LogP contribution in [0, 0.1) is 17.2 Å². The maximum absolute atomic E-state index is 8.54. The predicted molar refractivity (Wildman–Crippen MR) is 74.2 cm³/mol. The third kappa shape index (κ3) is 4.24. The maximum Gasteiger partial charge on any atom is 0.174 e. The number of allylic oxidation sites excluding steroid dienone is 1. The van der Waals surface area contributed by atoms with Gasteiger partial charge >= 0.3 is 0 Å². The van der Waals surface area contributed by atoms with E-state index in [-0.39, 0.29) is 6.61 Å². The minimum Gasteiger partial charge on any atom is -0.478 e. The van der Waals surface area contributed by atoms with Gasteiger partial charge in [0.1, 0.15) is 11.8 Å². The van der Waals surface area contributed by atoms with E-state index in [0.717, 1.165) is 16.6 Å². The number of nitrogens with zero attached hydrogens (tertiary/aromatic N) is 1. The molecular weight excluding hydrogens is 278 g/mol. The molecule has 0 amide bonds. The fourth-order valence-electron chi connectivity index (χ4n) is 1.40. The van der Waals surface area contributed by atoms with Gasteiger partial charge in [-0.15, -0.1) is 0 Å². The minimum absolute atomic E-state index is 0.0795. The Labute approximate surface area is 111 Å². The number of alkyl halides is 1. The number of ether oxygens (including phenoxy) is 1. The van der Waals surface area contributed by atoms with Gasteiger partial charge in [0.05, 0.1) is 0 Å². The molecule has 0 radical (unpaired) electrons. The summed E-state index contributed by atoms with van der Waals surface area (Å²) in [5.41, 5.74) is 2.32. The number of hydrogen-bond donors (Lipinski definition) is 0. The molecule has 0 heterocycles. The highest BCUT2D eigenvalue weighted by Gasteiger charge is 2.05. The van der Waals surface area contributed by atoms with Gasteiger partial charge in [0.2, 0.25) is 0 Å². The van der Waals surface area contributed by atoms with Gasteiger partial charge in [-0.05, 0) is 12.0 Å². The van der Waals surface area contributed by atoms with Crippen LogP contribution in [0.3, 0.4) is 0 Å². The average Bonchev–Trinajstić information content (AvgIpc) is 2.34. The summed E-state index contributed by atoms with van der Waals surface area (Å²) >= 11 is 3.49. The molecule has 17 heavy (non-hydrogen) atoms. The van der Waals surface area contributed by atoms with E-state index in [1.54, 1.807) is 0 Å². The zero-order valence-electron chi connectivity index (χ0n) is 10.1. The van der Waals surface area contributed by atoms with Gasteiger partial charge in [-0.3, -0.25) is 0 Å². The van der Waals surface area contributed by atoms with E-state index in [2.05, 4.69) is 35.9 Å². The fraction of sp³-hybridized carbons (Fsp3) is 0.357. The molecule has 1 rings (SSSR count). The normalized spacial score (nSPS) is 11.4. The van der Waals surface area contributed by atoms with Crippen LogP contribution in [0.5, 0.6) is 5.75 Å². The van der Waals surface area contributed by atoms with Crippen LogP contribution in [-0.2, 0) is 0 Å². The van der Waals surface area contributed by atoms with Gasteiger partial charge in [-0.1, -0.05) is 59.6 Å². The highest BCUT2D eigenvalue weighted by atomic mass is 79.9. The molecule has 0 aliphatic carbocycles. The highest BCUT2D eigenvalue weighted by Crippen LogP contribution is 2.24. The summed E-state index contributed by atoms with van der Waals surface area (Å²) in [6, 6.07) is 9.74. The topological polar surface area (TPSA) is 33.0 Å². The Kier molecular flexibility index (Phi) is 5.79. The molecule has 0 saturated heterocycles. The molecule has 0 N–H and O–H groups in total. The van der Waals surface area contributed by atoms with E-state index in [0.29, 0.717) is 5.92 Å². The first-order valence-electron chi connectivity index (χ1n) is 5.54. The van der Waals surface area contributed by atoms with Gasteiger partial charge in [0.15, 0.2) is 6.61 Å². The van der Waals surface area contributed by atoms with Crippen molar-refractivity contribution in [3.63, 3.8) is 0 Å². The summed E-state index contributed by atoms with van der Waals surface area (Å²) in [6.07, 6.45) is 2.12. The number of benzene rings is 1. The van der Waals surface area contributed by atoms with Crippen LogP contribution >= 0.6 is 15.9 Å². The molecule has 0 aliphatic heterocycles. The highest BCUT2D eigenvalue weighted by molar-refractivity contribution is 9.09. The number of halogens is 1. The van der Waals surface area contributed by atoms with Gasteiger partial charge in [-0.2, -0.15) is 5.26 Å². The van der Waals surface area contributed by atoms with Crippen LogP contribution in [0.4, 0.5) is 0 Å². The Morgan fingerprint density at radius 1 is 1.47 bits per heavy atom. The number of nitriles is 1. The molecule has 0 aromatic heterocycles. The van der Waals surface area contributed by atoms with Crippen molar-refractivity contribution >= 4 is 22.0 Å². The Hall–Kier alpha value is -1.27. The second kappa shape index (κ2) is 7.13. The van der Waals surface area contributed by atoms with E-state index in [4.69, 9.17) is 10.00 Å². The molecule has 0 atom stereocenters. The van der Waals surface area contributed by atoms with Crippen LogP contribution < -0.4 is 4.74 Å². The third-order valence-corrected chi connectivity index (χ3v) is 3.10. The molecule has 0 saturated carbocycles. The predicted octanol–water partition coefficient (Wildman–Crippen LogP) is 4.02. The zero-order chi connectivity index (χ0) is 12.7. The van der Waals surface area contributed by atoms with Crippen LogP contribution in [0.15, 0.2) is 29.8 Å². The lowest BCUT2D eigenvalue weighted by Gasteiger charge is -2.10. The Morgan fingerprint density at radius 3 is 2.76 bits per heavy atom. The third-order valence-electron chi connectivity index (χ3n) is 2.45. The van der Waals surface area contributed by atoms with Crippen molar-refractivity contribution in [1.29, 1.82) is 5.26 Å². The second-order valence-electron chi connectivity index (χ2n) is 3.99. The monoisotopic (exact) mass is 293 g/mol. The average molecular weight is 294 g/mol. The van der Waals surface area contributed by atoms with Crippen LogP contribution in [0.25, 0.3) is 6.08 Å². The molecule has 90 valence electrons. The summed E-state index contributed by atoms with van der Waals surface area (Å²) in [5, 5.41) is 9.38. The Morgan fingerprint density at radius 2 is 2.18 bits per heavy atom. The largest absolute Gasteiger partial charge is 0.478 e. The molecule has 0 unspecified atom stereocenters. The molecule has 0 fully saturated rings. The summed E-state index contributed by atoms with van der Waals surface area (Å²) in [5.74, 6) is 1.24. The first kappa shape index (κ1) is 13.8. The number of hydrogen-bond acceptors (Lipinski definition) is 2. The standard InChI is InChI=1S/C14H16BrNO/c1-11(2)13(10-15)9-12-5-3-4-6-14(12)17-8-7-16/h3-6,9,11H,8,10H2,1-2H3. The van der Waals surface area contributed by atoms with Crippen molar-refractivity contribution in [2.75, 3.05) is 11.9 Å². The molecule has 0 aliphatic rings. The van der Waals surface area contributed by atoms with Crippen molar-refractivity contribution in [3.05, 3.63) is 35.4 Å².